The molecule has 1 aliphatic rings. The Labute approximate surface area is 224 Å². The highest BCUT2D eigenvalue weighted by Gasteiger charge is 2.42. The molecule has 2 aromatic carbocycles. The van der Waals surface area contributed by atoms with Gasteiger partial charge in [-0.2, -0.15) is 13.2 Å². The molecule has 0 unspecified atom stereocenters. The molecule has 39 heavy (non-hydrogen) atoms. The quantitative estimate of drug-likeness (QED) is 0.399. The molecule has 1 aliphatic heterocycles. The van der Waals surface area contributed by atoms with E-state index in [2.05, 4.69) is 17.2 Å². The summed E-state index contributed by atoms with van der Waals surface area (Å²) in [7, 11) is 0. The van der Waals surface area contributed by atoms with Crippen LogP contribution in [-0.4, -0.2) is 59.4 Å². The summed E-state index contributed by atoms with van der Waals surface area (Å²) in [4.78, 5) is 52.8. The number of amides is 4. The van der Waals surface area contributed by atoms with Crippen LogP contribution < -0.4 is 16.0 Å². The highest BCUT2D eigenvalue weighted by Crippen LogP contribution is 2.22. The zero-order valence-corrected chi connectivity index (χ0v) is 21.5. The van der Waals surface area contributed by atoms with Crippen LogP contribution in [0.3, 0.4) is 0 Å². The Morgan fingerprint density at radius 2 is 1.59 bits per heavy atom. The molecule has 1 fully saturated rings. The number of halogens is 3. The van der Waals surface area contributed by atoms with Gasteiger partial charge in [0.15, 0.2) is 0 Å². The second-order valence-electron chi connectivity index (χ2n) is 9.48. The van der Waals surface area contributed by atoms with Crippen molar-refractivity contribution in [2.45, 2.75) is 56.9 Å². The van der Waals surface area contributed by atoms with Gasteiger partial charge in [-0.15, -0.1) is 6.58 Å². The standard InChI is InChI=1S/C28H31F3N4O4/c1-18(2)16-22(26(38)35-15-9-14-23(35)25(37)32-20-12-7-4-8-13-20)33-24(36)21(34-27(39)28(29,30)31)17-19-10-5-3-6-11-19/h3-8,10-13,21-23H,1,9,14-17H2,2H3,(H,32,37)(H,33,36)(H,34,39)/t21-,22+,23-/m0/s1. The Bertz CT molecular complexity index is 1190. The van der Waals surface area contributed by atoms with E-state index in [-0.39, 0.29) is 25.3 Å². The van der Waals surface area contributed by atoms with Crippen molar-refractivity contribution < 1.29 is 32.3 Å². The summed E-state index contributed by atoms with van der Waals surface area (Å²) < 4.78 is 39.0. The minimum absolute atomic E-state index is 0.000623. The summed E-state index contributed by atoms with van der Waals surface area (Å²) in [5.41, 5.74) is 1.62. The third-order valence-electron chi connectivity index (χ3n) is 6.21. The topological polar surface area (TPSA) is 108 Å². The first-order chi connectivity index (χ1) is 18.5. The molecule has 3 atom stereocenters. The molecule has 3 rings (SSSR count). The Balaban J connectivity index is 1.78. The average molecular weight is 545 g/mol. The number of anilines is 1. The van der Waals surface area contributed by atoms with E-state index >= 15 is 0 Å². The van der Waals surface area contributed by atoms with Crippen molar-refractivity contribution in [2.24, 2.45) is 0 Å². The molecule has 3 N–H and O–H groups in total. The minimum Gasteiger partial charge on any atom is -0.342 e. The molecule has 4 amide bonds. The number of hydrogen-bond acceptors (Lipinski definition) is 4. The average Bonchev–Trinajstić information content (AvgIpc) is 3.38. The fourth-order valence-electron chi connectivity index (χ4n) is 4.37. The maximum atomic E-state index is 13.6. The van der Waals surface area contributed by atoms with Crippen molar-refractivity contribution in [2.75, 3.05) is 11.9 Å². The van der Waals surface area contributed by atoms with Crippen LogP contribution in [0.15, 0.2) is 72.8 Å². The summed E-state index contributed by atoms with van der Waals surface area (Å²) in [6, 6.07) is 13.4. The predicted molar refractivity (Wildman–Crippen MR) is 139 cm³/mol. The van der Waals surface area contributed by atoms with E-state index in [1.807, 2.05) is 0 Å². The fraction of sp³-hybridized carbons (Fsp3) is 0.357. The van der Waals surface area contributed by atoms with Crippen LogP contribution >= 0.6 is 0 Å². The van der Waals surface area contributed by atoms with Crippen molar-refractivity contribution >= 4 is 29.3 Å². The van der Waals surface area contributed by atoms with Gasteiger partial charge >= 0.3 is 12.1 Å². The monoisotopic (exact) mass is 544 g/mol. The highest BCUT2D eigenvalue weighted by molar-refractivity contribution is 5.99. The first kappa shape index (κ1) is 29.4. The molecule has 1 heterocycles. The van der Waals surface area contributed by atoms with E-state index in [1.54, 1.807) is 72.9 Å². The van der Waals surface area contributed by atoms with Gasteiger partial charge in [-0.05, 0) is 43.9 Å². The van der Waals surface area contributed by atoms with E-state index in [1.165, 1.54) is 4.90 Å². The van der Waals surface area contributed by atoms with Crippen LogP contribution in [0.5, 0.6) is 0 Å². The van der Waals surface area contributed by atoms with Crippen molar-refractivity contribution in [1.29, 1.82) is 0 Å². The molecule has 208 valence electrons. The number of alkyl halides is 3. The normalized spacial score (nSPS) is 16.6. The van der Waals surface area contributed by atoms with Gasteiger partial charge in [0.1, 0.15) is 18.1 Å². The van der Waals surface area contributed by atoms with E-state index in [9.17, 15) is 32.3 Å². The van der Waals surface area contributed by atoms with Gasteiger partial charge in [-0.3, -0.25) is 19.2 Å². The number of hydrogen-bond donors (Lipinski definition) is 3. The van der Waals surface area contributed by atoms with Gasteiger partial charge in [-0.25, -0.2) is 0 Å². The lowest BCUT2D eigenvalue weighted by Gasteiger charge is -2.30. The molecule has 0 aliphatic carbocycles. The van der Waals surface area contributed by atoms with Crippen LogP contribution in [0.2, 0.25) is 0 Å². The van der Waals surface area contributed by atoms with Gasteiger partial charge in [0.2, 0.25) is 17.7 Å². The molecular formula is C28H31F3N4O4. The highest BCUT2D eigenvalue weighted by atomic mass is 19.4. The van der Waals surface area contributed by atoms with Crippen LogP contribution in [0.4, 0.5) is 18.9 Å². The molecule has 0 saturated carbocycles. The van der Waals surface area contributed by atoms with E-state index < -0.39 is 42.0 Å². The minimum atomic E-state index is -5.20. The molecule has 8 nitrogen and oxygen atoms in total. The largest absolute Gasteiger partial charge is 0.471 e. The van der Waals surface area contributed by atoms with Gasteiger partial charge in [-0.1, -0.05) is 54.1 Å². The Hall–Kier alpha value is -4.15. The molecule has 0 aromatic heterocycles. The molecule has 2 aromatic rings. The number of carbonyl (C=O) groups excluding carboxylic acids is 4. The number of nitrogens with one attached hydrogen (secondary N) is 3. The van der Waals surface area contributed by atoms with Crippen LogP contribution in [-0.2, 0) is 25.6 Å². The summed E-state index contributed by atoms with van der Waals surface area (Å²) in [6.45, 7) is 5.71. The predicted octanol–water partition coefficient (Wildman–Crippen LogP) is 3.36. The lowest BCUT2D eigenvalue weighted by atomic mass is 10.0. The molecule has 1 saturated heterocycles. The Morgan fingerprint density at radius 1 is 0.974 bits per heavy atom. The first-order valence-corrected chi connectivity index (χ1v) is 12.5. The lowest BCUT2D eigenvalue weighted by molar-refractivity contribution is -0.174. The Morgan fingerprint density at radius 3 is 2.18 bits per heavy atom. The molecule has 0 spiro atoms. The second kappa shape index (κ2) is 13.1. The maximum absolute atomic E-state index is 13.6. The smallest absolute Gasteiger partial charge is 0.342 e. The van der Waals surface area contributed by atoms with E-state index in [4.69, 9.17) is 0 Å². The van der Waals surface area contributed by atoms with Crippen LogP contribution in [0.1, 0.15) is 31.7 Å². The molecule has 0 bridgehead atoms. The summed E-state index contributed by atoms with van der Waals surface area (Å²) in [5.74, 6) is -4.16. The zero-order valence-electron chi connectivity index (χ0n) is 21.5. The maximum Gasteiger partial charge on any atom is 0.471 e. The van der Waals surface area contributed by atoms with Gasteiger partial charge in [0.25, 0.3) is 0 Å². The Kier molecular flexibility index (Phi) is 9.86. The summed E-state index contributed by atoms with van der Waals surface area (Å²) >= 11 is 0. The number of likely N-dealkylation sites (tertiary alicyclic amines) is 1. The lowest BCUT2D eigenvalue weighted by Crippen LogP contribution is -2.57. The molecule has 11 heteroatoms. The number of nitrogens with zero attached hydrogens (tertiary/aromatic N) is 1. The van der Waals surface area contributed by atoms with Crippen LogP contribution in [0.25, 0.3) is 0 Å². The van der Waals surface area contributed by atoms with Gasteiger partial charge in [0.05, 0.1) is 0 Å². The fourth-order valence-corrected chi connectivity index (χ4v) is 4.37. The number of rotatable bonds is 10. The van der Waals surface area contributed by atoms with Crippen molar-refractivity contribution in [3.05, 3.63) is 78.4 Å². The van der Waals surface area contributed by atoms with E-state index in [0.29, 0.717) is 29.7 Å². The van der Waals surface area contributed by atoms with E-state index in [0.717, 1.165) is 0 Å². The first-order valence-electron chi connectivity index (χ1n) is 12.5. The van der Waals surface area contributed by atoms with Crippen LogP contribution in [0, 0.1) is 0 Å². The summed E-state index contributed by atoms with van der Waals surface area (Å²) in [5, 5.41) is 7.02. The SMILES string of the molecule is C=C(C)C[C@@H](NC(=O)[C@H](Cc1ccccc1)NC(=O)C(F)(F)F)C(=O)N1CCC[C@H]1C(=O)Nc1ccccc1. The van der Waals surface area contributed by atoms with Gasteiger partial charge in [0, 0.05) is 18.7 Å². The third kappa shape index (κ3) is 8.42. The number of benzene rings is 2. The second-order valence-corrected chi connectivity index (χ2v) is 9.48. The van der Waals surface area contributed by atoms with Gasteiger partial charge < -0.3 is 20.9 Å². The van der Waals surface area contributed by atoms with Crippen molar-refractivity contribution in [3.63, 3.8) is 0 Å². The molecular weight excluding hydrogens is 513 g/mol. The van der Waals surface area contributed by atoms with Crippen molar-refractivity contribution in [3.8, 4) is 0 Å². The third-order valence-corrected chi connectivity index (χ3v) is 6.21. The summed E-state index contributed by atoms with van der Waals surface area (Å²) in [6.07, 6.45) is -4.45. The number of carbonyl (C=O) groups is 4. The van der Waals surface area contributed by atoms with Crippen molar-refractivity contribution in [1.82, 2.24) is 15.5 Å². The zero-order chi connectivity index (χ0) is 28.6. The molecule has 0 radical (unpaired) electrons. The number of para-hydroxylation sites is 1.